The summed E-state index contributed by atoms with van der Waals surface area (Å²) < 4.78 is 0. The number of hydrogen-bond acceptors (Lipinski definition) is 1. The number of nitrogens with zero attached hydrogens (tertiary/aromatic N) is 1. The lowest BCUT2D eigenvalue weighted by molar-refractivity contribution is 0.754. The molecule has 0 saturated carbocycles. The summed E-state index contributed by atoms with van der Waals surface area (Å²) in [5.74, 6) is 0. The molecule has 0 aromatic heterocycles. The second-order valence-electron chi connectivity index (χ2n) is 17.8. The van der Waals surface area contributed by atoms with E-state index in [-0.39, 0.29) is 0 Å². The summed E-state index contributed by atoms with van der Waals surface area (Å²) in [6, 6.07) is 93.0. The molecule has 0 heterocycles. The summed E-state index contributed by atoms with van der Waals surface area (Å²) in [5, 5.41) is 9.92. The maximum atomic E-state index is 2.58. The first-order valence-electron chi connectivity index (χ1n) is 23.0. The zero-order chi connectivity index (χ0) is 43.3. The molecule has 1 unspecified atom stereocenters. The second-order valence-corrected chi connectivity index (χ2v) is 17.8. The smallest absolute Gasteiger partial charge is 0.0725 e. The van der Waals surface area contributed by atoms with Gasteiger partial charge in [-0.25, -0.2) is 0 Å². The molecular formula is C65H41N. The Morgan fingerprint density at radius 1 is 0.242 bits per heavy atom. The van der Waals surface area contributed by atoms with Crippen molar-refractivity contribution in [1.29, 1.82) is 0 Å². The molecule has 0 N–H and O–H groups in total. The van der Waals surface area contributed by atoms with Crippen LogP contribution >= 0.6 is 0 Å². The van der Waals surface area contributed by atoms with Crippen LogP contribution in [0.1, 0.15) is 22.3 Å². The molecule has 1 heteroatoms. The Balaban J connectivity index is 1.14. The molecule has 12 aromatic rings. The summed E-state index contributed by atoms with van der Waals surface area (Å²) in [4.78, 5) is 2.58. The van der Waals surface area contributed by atoms with E-state index in [1.807, 2.05) is 0 Å². The Kier molecular flexibility index (Phi) is 7.97. The van der Waals surface area contributed by atoms with E-state index in [9.17, 15) is 0 Å². The average Bonchev–Trinajstić information content (AvgIpc) is 3.39. The first kappa shape index (κ1) is 36.9. The molecule has 66 heavy (non-hydrogen) atoms. The van der Waals surface area contributed by atoms with Crippen molar-refractivity contribution in [3.8, 4) is 44.5 Å². The van der Waals surface area contributed by atoms with Crippen molar-refractivity contribution in [2.75, 3.05) is 4.90 Å². The Labute approximate surface area is 384 Å². The Bertz CT molecular complexity index is 3940. The summed E-state index contributed by atoms with van der Waals surface area (Å²) in [5.41, 5.74) is 18.1. The summed E-state index contributed by atoms with van der Waals surface area (Å²) in [6.45, 7) is 0. The highest BCUT2D eigenvalue weighted by atomic mass is 15.1. The van der Waals surface area contributed by atoms with Crippen molar-refractivity contribution in [3.05, 3.63) is 271 Å². The van der Waals surface area contributed by atoms with E-state index in [2.05, 4.69) is 254 Å². The molecule has 0 bridgehead atoms. The lowest BCUT2D eigenvalue weighted by Gasteiger charge is -2.46. The first-order valence-corrected chi connectivity index (χ1v) is 23.0. The molecule has 2 aliphatic carbocycles. The van der Waals surface area contributed by atoms with Gasteiger partial charge in [0.05, 0.1) is 22.5 Å². The van der Waals surface area contributed by atoms with E-state index >= 15 is 0 Å². The monoisotopic (exact) mass is 835 g/mol. The summed E-state index contributed by atoms with van der Waals surface area (Å²) in [6.07, 6.45) is 0. The zero-order valence-corrected chi connectivity index (χ0v) is 36.1. The normalized spacial score (nSPS) is 14.4. The van der Waals surface area contributed by atoms with E-state index in [0.717, 1.165) is 17.1 Å². The second kappa shape index (κ2) is 14.2. The van der Waals surface area contributed by atoms with Crippen LogP contribution in [0.2, 0.25) is 0 Å². The first-order chi connectivity index (χ1) is 32.8. The fourth-order valence-electron chi connectivity index (χ4n) is 12.0. The fraction of sp³-hybridized carbons (Fsp3) is 0.0154. The number of fused-ring (bicyclic) bond motifs is 10. The van der Waals surface area contributed by atoms with Gasteiger partial charge in [0.1, 0.15) is 0 Å². The topological polar surface area (TPSA) is 3.24 Å². The standard InChI is InChI=1S/C65H41N/c1-3-18-42(19-4-1)46-38-39-53-50-27-11-13-31-56(50)65(58-33-16-29-52(46)62(53)58)57-32-14-12-28-51(57)54-40-41-61(55-30-17-34-59(65)63(54)55)66(60-35-15-24-43-22-7-9-25-47(43)60)64-48-26-10-8-23-45(48)36-37-49(64)44-20-5-2-6-21-44/h1-41H. The third-order valence-corrected chi connectivity index (χ3v) is 14.7. The minimum absolute atomic E-state index is 0.612. The highest BCUT2D eigenvalue weighted by Crippen LogP contribution is 2.62. The molecule has 1 spiro atoms. The van der Waals surface area contributed by atoms with Crippen molar-refractivity contribution in [2.45, 2.75) is 5.41 Å². The van der Waals surface area contributed by atoms with E-state index in [0.29, 0.717) is 0 Å². The van der Waals surface area contributed by atoms with Gasteiger partial charge >= 0.3 is 0 Å². The van der Waals surface area contributed by atoms with Gasteiger partial charge < -0.3 is 4.90 Å². The third-order valence-electron chi connectivity index (χ3n) is 14.7. The molecule has 0 radical (unpaired) electrons. The molecule has 14 rings (SSSR count). The van der Waals surface area contributed by atoms with Gasteiger partial charge in [0.25, 0.3) is 0 Å². The molecule has 0 aliphatic heterocycles. The third kappa shape index (κ3) is 5.06. The van der Waals surface area contributed by atoms with Gasteiger partial charge in [-0.1, -0.05) is 237 Å². The number of anilines is 3. The van der Waals surface area contributed by atoms with Gasteiger partial charge in [-0.2, -0.15) is 0 Å². The zero-order valence-electron chi connectivity index (χ0n) is 36.1. The van der Waals surface area contributed by atoms with E-state index < -0.39 is 5.41 Å². The van der Waals surface area contributed by atoms with E-state index in [1.54, 1.807) is 0 Å². The quantitative estimate of drug-likeness (QED) is 0.167. The Morgan fingerprint density at radius 2 is 0.682 bits per heavy atom. The van der Waals surface area contributed by atoms with Crippen LogP contribution in [0.15, 0.2) is 249 Å². The van der Waals surface area contributed by atoms with Crippen LogP contribution in [0.3, 0.4) is 0 Å². The average molecular weight is 836 g/mol. The molecule has 306 valence electrons. The Morgan fingerprint density at radius 3 is 1.38 bits per heavy atom. The number of benzene rings is 12. The van der Waals surface area contributed by atoms with Gasteiger partial charge in [-0.05, 0) is 100 Å². The summed E-state index contributed by atoms with van der Waals surface area (Å²) in [7, 11) is 0. The lowest BCUT2D eigenvalue weighted by atomic mass is 9.55. The van der Waals surface area contributed by atoms with Crippen LogP contribution in [-0.2, 0) is 5.41 Å². The maximum Gasteiger partial charge on any atom is 0.0725 e. The minimum Gasteiger partial charge on any atom is -0.308 e. The predicted octanol–water partition coefficient (Wildman–Crippen LogP) is 17.4. The Hall–Kier alpha value is -8.52. The number of rotatable bonds is 5. The van der Waals surface area contributed by atoms with Crippen LogP contribution in [0.25, 0.3) is 87.6 Å². The van der Waals surface area contributed by atoms with Gasteiger partial charge in [0, 0.05) is 21.7 Å². The predicted molar refractivity (Wildman–Crippen MR) is 278 cm³/mol. The maximum absolute atomic E-state index is 2.58. The molecule has 0 fully saturated rings. The van der Waals surface area contributed by atoms with Crippen molar-refractivity contribution in [1.82, 2.24) is 0 Å². The van der Waals surface area contributed by atoms with Crippen molar-refractivity contribution in [2.24, 2.45) is 0 Å². The van der Waals surface area contributed by atoms with Crippen LogP contribution < -0.4 is 4.90 Å². The molecular weight excluding hydrogens is 795 g/mol. The van der Waals surface area contributed by atoms with Crippen molar-refractivity contribution < 1.29 is 0 Å². The van der Waals surface area contributed by atoms with Gasteiger partial charge in [-0.15, -0.1) is 0 Å². The molecule has 12 aromatic carbocycles. The molecule has 1 nitrogen and oxygen atoms in total. The van der Waals surface area contributed by atoms with Crippen molar-refractivity contribution >= 4 is 60.2 Å². The number of hydrogen-bond donors (Lipinski definition) is 0. The van der Waals surface area contributed by atoms with Crippen molar-refractivity contribution in [3.63, 3.8) is 0 Å². The molecule has 2 aliphatic rings. The van der Waals surface area contributed by atoms with Crippen LogP contribution in [-0.4, -0.2) is 0 Å². The van der Waals surface area contributed by atoms with Gasteiger partial charge in [-0.3, -0.25) is 0 Å². The summed E-state index contributed by atoms with van der Waals surface area (Å²) >= 11 is 0. The van der Waals surface area contributed by atoms with Gasteiger partial charge in [0.15, 0.2) is 0 Å². The fourth-order valence-corrected chi connectivity index (χ4v) is 12.0. The van der Waals surface area contributed by atoms with E-state index in [1.165, 1.54) is 110 Å². The highest BCUT2D eigenvalue weighted by Gasteiger charge is 2.48. The molecule has 0 amide bonds. The largest absolute Gasteiger partial charge is 0.308 e. The molecule has 0 saturated heterocycles. The van der Waals surface area contributed by atoms with Gasteiger partial charge in [0.2, 0.25) is 0 Å². The SMILES string of the molecule is c1ccc(-c2ccc3ccccc3c2N(c2cccc3ccccc23)c2ccc3c4c(cccc24)C2(c4ccccc4-c4ccc(-c5ccccc5)c5cccc2c45)c2ccccc2-3)cc1. The van der Waals surface area contributed by atoms with Crippen LogP contribution in [0.4, 0.5) is 17.1 Å². The molecule has 1 atom stereocenters. The van der Waals surface area contributed by atoms with Crippen LogP contribution in [0, 0.1) is 0 Å². The lowest BCUT2D eigenvalue weighted by Crippen LogP contribution is -2.36. The minimum atomic E-state index is -0.612. The highest BCUT2D eigenvalue weighted by molar-refractivity contribution is 6.18. The van der Waals surface area contributed by atoms with Crippen LogP contribution in [0.5, 0.6) is 0 Å². The van der Waals surface area contributed by atoms with E-state index in [4.69, 9.17) is 0 Å².